The van der Waals surface area contributed by atoms with Gasteiger partial charge in [-0.05, 0) is 25.0 Å². The number of aliphatic carboxylic acids is 2. The maximum absolute atomic E-state index is 13.0. The molecule has 0 radical (unpaired) electrons. The van der Waals surface area contributed by atoms with Crippen molar-refractivity contribution in [1.82, 2.24) is 30.9 Å². The van der Waals surface area contributed by atoms with Gasteiger partial charge in [0.05, 0.1) is 24.9 Å². The summed E-state index contributed by atoms with van der Waals surface area (Å²) in [6.07, 6.45) is 1.97. The predicted octanol–water partition coefficient (Wildman–Crippen LogP) is -1.60. The lowest BCUT2D eigenvalue weighted by Crippen LogP contribution is -2.60. The molecule has 40 heavy (non-hydrogen) atoms. The van der Waals surface area contributed by atoms with E-state index in [0.717, 1.165) is 16.5 Å². The molecule has 5 atom stereocenters. The number of rotatable bonds is 14. The third-order valence-corrected chi connectivity index (χ3v) is 6.12. The molecule has 3 aromatic rings. The van der Waals surface area contributed by atoms with Crippen LogP contribution in [0.15, 0.2) is 43.0 Å². The number of nitrogens with two attached hydrogens (primary N) is 1. The summed E-state index contributed by atoms with van der Waals surface area (Å²) in [6.45, 7) is 1.22. The van der Waals surface area contributed by atoms with E-state index in [1.807, 2.05) is 24.3 Å². The van der Waals surface area contributed by atoms with Crippen LogP contribution in [0.25, 0.3) is 10.9 Å². The number of amides is 3. The van der Waals surface area contributed by atoms with Gasteiger partial charge in [0.25, 0.3) is 0 Å². The second kappa shape index (κ2) is 13.3. The van der Waals surface area contributed by atoms with E-state index in [9.17, 15) is 39.3 Å². The largest absolute Gasteiger partial charge is 0.481 e. The Balaban J connectivity index is 1.67. The van der Waals surface area contributed by atoms with E-state index < -0.39 is 66.4 Å². The van der Waals surface area contributed by atoms with Crippen molar-refractivity contribution in [1.29, 1.82) is 0 Å². The number of carboxylic acid groups (broad SMARTS) is 2. The number of imidazole rings is 1. The van der Waals surface area contributed by atoms with Crippen LogP contribution in [0.1, 0.15) is 24.6 Å². The maximum atomic E-state index is 13.0. The highest BCUT2D eigenvalue weighted by atomic mass is 16.4. The number of para-hydroxylation sites is 1. The number of H-pyrrole nitrogens is 2. The second-order valence-electron chi connectivity index (χ2n) is 9.24. The van der Waals surface area contributed by atoms with Crippen LogP contribution in [-0.4, -0.2) is 90.2 Å². The van der Waals surface area contributed by atoms with Crippen LogP contribution in [0, 0.1) is 0 Å². The van der Waals surface area contributed by atoms with Gasteiger partial charge in [-0.2, -0.15) is 0 Å². The monoisotopic (exact) mass is 557 g/mol. The minimum absolute atomic E-state index is 0.112. The third kappa shape index (κ3) is 7.87. The zero-order chi connectivity index (χ0) is 29.4. The first-order valence-electron chi connectivity index (χ1n) is 12.3. The highest BCUT2D eigenvalue weighted by Crippen LogP contribution is 2.18. The van der Waals surface area contributed by atoms with Crippen molar-refractivity contribution in [3.63, 3.8) is 0 Å². The highest BCUT2D eigenvalue weighted by Gasteiger charge is 2.33. The number of nitrogens with one attached hydrogen (secondary N) is 5. The fourth-order valence-electron chi connectivity index (χ4n) is 4.03. The third-order valence-electron chi connectivity index (χ3n) is 6.12. The zero-order valence-corrected chi connectivity index (χ0v) is 21.5. The Morgan fingerprint density at radius 1 is 0.950 bits per heavy atom. The number of aromatic nitrogens is 3. The number of carbonyl (C=O) groups is 5. The number of fused-ring (bicyclic) bond motifs is 1. The molecule has 0 bridgehead atoms. The summed E-state index contributed by atoms with van der Waals surface area (Å²) in [4.78, 5) is 71.2. The van der Waals surface area contributed by atoms with Crippen LogP contribution in [0.2, 0.25) is 0 Å². The van der Waals surface area contributed by atoms with Crippen LogP contribution >= 0.6 is 0 Å². The number of aliphatic hydroxyl groups excluding tert-OH is 1. The molecule has 0 fully saturated rings. The fourth-order valence-corrected chi connectivity index (χ4v) is 4.03. The van der Waals surface area contributed by atoms with E-state index in [4.69, 9.17) is 5.73 Å². The zero-order valence-electron chi connectivity index (χ0n) is 21.5. The predicted molar refractivity (Wildman–Crippen MR) is 140 cm³/mol. The number of carbonyl (C=O) groups excluding carboxylic acids is 3. The Hall–Kier alpha value is -4.76. The van der Waals surface area contributed by atoms with Crippen molar-refractivity contribution in [3.8, 4) is 0 Å². The first-order valence-corrected chi connectivity index (χ1v) is 12.3. The molecule has 3 rings (SSSR count). The summed E-state index contributed by atoms with van der Waals surface area (Å²) in [6, 6.07) is 1.52. The molecule has 15 nitrogen and oxygen atoms in total. The fraction of sp³-hybridized carbons (Fsp3) is 0.360. The number of aromatic amines is 2. The molecule has 214 valence electrons. The van der Waals surface area contributed by atoms with Crippen LogP contribution in [0.3, 0.4) is 0 Å². The lowest BCUT2D eigenvalue weighted by Gasteiger charge is -2.26. The highest BCUT2D eigenvalue weighted by molar-refractivity contribution is 5.96. The molecule has 3 amide bonds. The van der Waals surface area contributed by atoms with Gasteiger partial charge in [0.15, 0.2) is 0 Å². The van der Waals surface area contributed by atoms with E-state index >= 15 is 0 Å². The lowest BCUT2D eigenvalue weighted by molar-refractivity contribution is -0.143. The van der Waals surface area contributed by atoms with E-state index in [1.54, 1.807) is 6.20 Å². The maximum Gasteiger partial charge on any atom is 0.326 e. The van der Waals surface area contributed by atoms with Crippen molar-refractivity contribution >= 4 is 40.6 Å². The molecule has 1 aromatic carbocycles. The Morgan fingerprint density at radius 3 is 2.27 bits per heavy atom. The van der Waals surface area contributed by atoms with Crippen molar-refractivity contribution < 1.29 is 39.3 Å². The average molecular weight is 558 g/mol. The first kappa shape index (κ1) is 29.8. The number of aliphatic hydroxyl groups is 1. The lowest BCUT2D eigenvalue weighted by atomic mass is 10.0. The minimum atomic E-state index is -1.72. The summed E-state index contributed by atoms with van der Waals surface area (Å²) in [5.74, 6) is -5.78. The molecule has 2 heterocycles. The van der Waals surface area contributed by atoms with E-state index in [0.29, 0.717) is 5.69 Å². The summed E-state index contributed by atoms with van der Waals surface area (Å²) in [5, 5.41) is 36.5. The normalized spacial score (nSPS) is 14.9. The molecule has 0 saturated carbocycles. The molecule has 0 spiro atoms. The summed E-state index contributed by atoms with van der Waals surface area (Å²) in [5.41, 5.74) is 8.07. The number of hydrogen-bond donors (Lipinski definition) is 9. The van der Waals surface area contributed by atoms with E-state index in [-0.39, 0.29) is 12.8 Å². The minimum Gasteiger partial charge on any atom is -0.481 e. The first-order chi connectivity index (χ1) is 19.0. The summed E-state index contributed by atoms with van der Waals surface area (Å²) < 4.78 is 0. The van der Waals surface area contributed by atoms with Crippen LogP contribution < -0.4 is 21.7 Å². The Morgan fingerprint density at radius 2 is 1.65 bits per heavy atom. The molecule has 0 aliphatic rings. The topological polar surface area (TPSA) is 253 Å². The Kier molecular flexibility index (Phi) is 9.94. The van der Waals surface area contributed by atoms with Crippen molar-refractivity contribution in [2.75, 3.05) is 0 Å². The standard InChI is InChI=1S/C25H31N7O8/c1-12(33)21(32-22(36)16(26)6-13-9-28-17-5-3-2-4-15(13)17)24(38)30-18(8-20(34)35)23(37)31-19(25(39)40)7-14-10-27-11-29-14/h2-5,9-12,16,18-19,21,28,33H,6-8,26H2,1H3,(H,27,29)(H,30,38)(H,31,37)(H,32,36)(H,34,35)(H,39,40). The van der Waals surface area contributed by atoms with Crippen molar-refractivity contribution in [3.05, 3.63) is 54.2 Å². The molecule has 10 N–H and O–H groups in total. The van der Waals surface area contributed by atoms with Gasteiger partial charge in [-0.1, -0.05) is 18.2 Å². The van der Waals surface area contributed by atoms with Gasteiger partial charge in [-0.15, -0.1) is 0 Å². The molecular weight excluding hydrogens is 526 g/mol. The van der Waals surface area contributed by atoms with Crippen molar-refractivity contribution in [2.24, 2.45) is 5.73 Å². The number of nitrogens with zero attached hydrogens (tertiary/aromatic N) is 1. The number of benzene rings is 1. The van der Waals surface area contributed by atoms with Crippen LogP contribution in [0.4, 0.5) is 0 Å². The van der Waals surface area contributed by atoms with Gasteiger partial charge >= 0.3 is 11.9 Å². The number of hydrogen-bond acceptors (Lipinski definition) is 8. The molecule has 2 aromatic heterocycles. The second-order valence-corrected chi connectivity index (χ2v) is 9.24. The molecule has 0 aliphatic carbocycles. The Bertz CT molecular complexity index is 1350. The van der Waals surface area contributed by atoms with Gasteiger partial charge in [0.1, 0.15) is 18.1 Å². The quantitative estimate of drug-likeness (QED) is 0.110. The van der Waals surface area contributed by atoms with E-state index in [2.05, 4.69) is 30.9 Å². The molecule has 15 heteroatoms. The van der Waals surface area contributed by atoms with Crippen molar-refractivity contribution in [2.45, 2.75) is 56.5 Å². The van der Waals surface area contributed by atoms with Gasteiger partial charge in [0, 0.05) is 35.4 Å². The van der Waals surface area contributed by atoms with Crippen LogP contribution in [-0.2, 0) is 36.8 Å². The summed E-state index contributed by atoms with van der Waals surface area (Å²) in [7, 11) is 0. The van der Waals surface area contributed by atoms with Gasteiger partial charge in [0.2, 0.25) is 17.7 Å². The molecule has 0 saturated heterocycles. The Labute approximate surface area is 227 Å². The van der Waals surface area contributed by atoms with Gasteiger partial charge in [-0.3, -0.25) is 19.2 Å². The summed E-state index contributed by atoms with van der Waals surface area (Å²) >= 11 is 0. The number of carboxylic acids is 2. The molecular formula is C25H31N7O8. The SMILES string of the molecule is CC(O)C(NC(=O)C(N)Cc1c[nH]c2ccccc12)C(=O)NC(CC(=O)O)C(=O)NC(Cc1cnc[nH]1)C(=O)O. The molecule has 0 aliphatic heterocycles. The van der Waals surface area contributed by atoms with Gasteiger partial charge < -0.3 is 47.0 Å². The average Bonchev–Trinajstić information content (AvgIpc) is 3.55. The smallest absolute Gasteiger partial charge is 0.326 e. The van der Waals surface area contributed by atoms with Gasteiger partial charge in [-0.25, -0.2) is 9.78 Å². The molecule has 5 unspecified atom stereocenters. The van der Waals surface area contributed by atoms with Crippen LogP contribution in [0.5, 0.6) is 0 Å². The van der Waals surface area contributed by atoms with E-state index in [1.165, 1.54) is 19.4 Å².